The summed E-state index contributed by atoms with van der Waals surface area (Å²) in [6, 6.07) is 5.17. The van der Waals surface area contributed by atoms with Crippen LogP contribution in [0.4, 0.5) is 0 Å². The number of rotatable bonds is 2. The number of halogens is 2. The molecule has 0 saturated heterocycles. The maximum absolute atomic E-state index is 11.0. The first kappa shape index (κ1) is 12.1. The molecule has 5 heteroatoms. The van der Waals surface area contributed by atoms with E-state index in [1.54, 1.807) is 18.2 Å². The number of imidazole rings is 1. The number of carbonyl (C=O) groups excluding carboxylic acids is 1. The van der Waals surface area contributed by atoms with Crippen molar-refractivity contribution >= 4 is 29.5 Å². The van der Waals surface area contributed by atoms with E-state index in [1.807, 2.05) is 18.5 Å². The van der Waals surface area contributed by atoms with Crippen molar-refractivity contribution in [1.82, 2.24) is 9.55 Å². The highest BCUT2D eigenvalue weighted by Gasteiger charge is 2.16. The molecule has 17 heavy (non-hydrogen) atoms. The smallest absolute Gasteiger partial charge is 0.170 e. The van der Waals surface area contributed by atoms with Gasteiger partial charge in [-0.15, -0.1) is 0 Å². The molecule has 1 aromatic heterocycles. The lowest BCUT2D eigenvalue weighted by Gasteiger charge is -2.07. The molecular formula is C12H10Cl2N2O. The van der Waals surface area contributed by atoms with Crippen LogP contribution in [0.1, 0.15) is 16.3 Å². The van der Waals surface area contributed by atoms with Crippen LogP contribution in [0, 0.1) is 6.92 Å². The van der Waals surface area contributed by atoms with Crippen LogP contribution >= 0.6 is 23.2 Å². The first-order valence-electron chi connectivity index (χ1n) is 4.98. The summed E-state index contributed by atoms with van der Waals surface area (Å²) < 4.78 is 1.83. The maximum atomic E-state index is 11.0. The number of aldehydes is 1. The van der Waals surface area contributed by atoms with Crippen molar-refractivity contribution in [2.45, 2.75) is 6.92 Å². The monoisotopic (exact) mass is 268 g/mol. The first-order chi connectivity index (χ1) is 8.04. The highest BCUT2D eigenvalue weighted by atomic mass is 35.5. The van der Waals surface area contributed by atoms with E-state index in [1.165, 1.54) is 0 Å². The van der Waals surface area contributed by atoms with Gasteiger partial charge >= 0.3 is 0 Å². The largest absolute Gasteiger partial charge is 0.331 e. The molecule has 1 heterocycles. The van der Waals surface area contributed by atoms with Crippen LogP contribution in [0.25, 0.3) is 11.3 Å². The van der Waals surface area contributed by atoms with Crippen LogP contribution < -0.4 is 0 Å². The molecule has 0 N–H and O–H groups in total. The second-order valence-electron chi connectivity index (χ2n) is 3.69. The van der Waals surface area contributed by atoms with Crippen molar-refractivity contribution in [2.75, 3.05) is 0 Å². The Morgan fingerprint density at radius 1 is 1.35 bits per heavy atom. The van der Waals surface area contributed by atoms with Crippen LogP contribution in [0.2, 0.25) is 10.0 Å². The second-order valence-corrected chi connectivity index (χ2v) is 4.54. The topological polar surface area (TPSA) is 34.9 Å². The molecule has 0 fully saturated rings. The lowest BCUT2D eigenvalue weighted by molar-refractivity contribution is 0.112. The van der Waals surface area contributed by atoms with E-state index in [-0.39, 0.29) is 0 Å². The summed E-state index contributed by atoms with van der Waals surface area (Å²) in [4.78, 5) is 15.2. The SMILES string of the molecule is Cc1nc(C=O)c(-c2ccc(Cl)cc2Cl)n1C. The number of hydrogen-bond donors (Lipinski definition) is 0. The van der Waals surface area contributed by atoms with Gasteiger partial charge in [0.05, 0.1) is 10.7 Å². The number of aryl methyl sites for hydroxylation is 1. The molecule has 0 bridgehead atoms. The van der Waals surface area contributed by atoms with Crippen molar-refractivity contribution in [2.24, 2.45) is 7.05 Å². The van der Waals surface area contributed by atoms with E-state index in [9.17, 15) is 4.79 Å². The van der Waals surface area contributed by atoms with Gasteiger partial charge in [-0.2, -0.15) is 0 Å². The fourth-order valence-electron chi connectivity index (χ4n) is 1.72. The Hall–Kier alpha value is -1.32. The molecule has 0 spiro atoms. The normalized spacial score (nSPS) is 10.6. The molecule has 0 saturated carbocycles. The number of nitrogens with zero attached hydrogens (tertiary/aromatic N) is 2. The number of hydrogen-bond acceptors (Lipinski definition) is 2. The predicted molar refractivity (Wildman–Crippen MR) is 68.8 cm³/mol. The van der Waals surface area contributed by atoms with Crippen LogP contribution in [0.3, 0.4) is 0 Å². The molecule has 3 nitrogen and oxygen atoms in total. The Morgan fingerprint density at radius 2 is 2.06 bits per heavy atom. The highest BCUT2D eigenvalue weighted by molar-refractivity contribution is 6.36. The fraction of sp³-hybridized carbons (Fsp3) is 0.167. The van der Waals surface area contributed by atoms with Crippen molar-refractivity contribution in [3.05, 3.63) is 39.8 Å². The van der Waals surface area contributed by atoms with Gasteiger partial charge in [-0.1, -0.05) is 23.2 Å². The van der Waals surface area contributed by atoms with Crippen LogP contribution in [-0.4, -0.2) is 15.8 Å². The first-order valence-corrected chi connectivity index (χ1v) is 5.74. The molecule has 0 amide bonds. The third kappa shape index (κ3) is 2.08. The molecule has 0 aliphatic carbocycles. The van der Waals surface area contributed by atoms with Crippen molar-refractivity contribution < 1.29 is 4.79 Å². The zero-order valence-corrected chi connectivity index (χ0v) is 10.9. The Balaban J connectivity index is 2.71. The summed E-state index contributed by atoms with van der Waals surface area (Å²) in [7, 11) is 1.84. The van der Waals surface area contributed by atoms with Gasteiger partial charge in [-0.05, 0) is 25.1 Å². The summed E-state index contributed by atoms with van der Waals surface area (Å²) in [6.45, 7) is 1.83. The Bertz CT molecular complexity index is 590. The van der Waals surface area contributed by atoms with E-state index in [0.29, 0.717) is 21.4 Å². The summed E-state index contributed by atoms with van der Waals surface area (Å²) in [5.74, 6) is 0.758. The average molecular weight is 269 g/mol. The summed E-state index contributed by atoms with van der Waals surface area (Å²) in [5, 5.41) is 1.06. The summed E-state index contributed by atoms with van der Waals surface area (Å²) in [6.07, 6.45) is 0.729. The molecule has 0 aliphatic rings. The van der Waals surface area contributed by atoms with Gasteiger partial charge in [0.15, 0.2) is 6.29 Å². The quantitative estimate of drug-likeness (QED) is 0.782. The van der Waals surface area contributed by atoms with Gasteiger partial charge in [0.25, 0.3) is 0 Å². The van der Waals surface area contributed by atoms with Crippen LogP contribution in [-0.2, 0) is 7.05 Å². The standard InChI is InChI=1S/C12H10Cl2N2O/c1-7-15-11(6-17)12(16(7)2)9-4-3-8(13)5-10(9)14/h3-6H,1-2H3. The number of carbonyl (C=O) groups is 1. The van der Waals surface area contributed by atoms with Crippen molar-refractivity contribution in [3.8, 4) is 11.3 Å². The summed E-state index contributed by atoms with van der Waals surface area (Å²) in [5.41, 5.74) is 1.84. The fourth-order valence-corrected chi connectivity index (χ4v) is 2.22. The molecular weight excluding hydrogens is 259 g/mol. The summed E-state index contributed by atoms with van der Waals surface area (Å²) >= 11 is 12.0. The Kier molecular flexibility index (Phi) is 3.22. The van der Waals surface area contributed by atoms with Crippen LogP contribution in [0.15, 0.2) is 18.2 Å². The third-order valence-corrected chi connectivity index (χ3v) is 3.19. The van der Waals surface area contributed by atoms with E-state index in [4.69, 9.17) is 23.2 Å². The van der Waals surface area contributed by atoms with Crippen LogP contribution in [0.5, 0.6) is 0 Å². The molecule has 0 atom stereocenters. The van der Waals surface area contributed by atoms with Gasteiger partial charge in [-0.25, -0.2) is 4.98 Å². The van der Waals surface area contributed by atoms with Gasteiger partial charge in [0, 0.05) is 17.6 Å². The third-order valence-electron chi connectivity index (χ3n) is 2.64. The molecule has 1 aromatic carbocycles. The predicted octanol–water partition coefficient (Wildman–Crippen LogP) is 3.51. The van der Waals surface area contributed by atoms with Crippen molar-refractivity contribution in [3.63, 3.8) is 0 Å². The Labute approximate surface area is 109 Å². The highest BCUT2D eigenvalue weighted by Crippen LogP contribution is 2.32. The molecule has 88 valence electrons. The molecule has 0 radical (unpaired) electrons. The van der Waals surface area contributed by atoms with Crippen molar-refractivity contribution in [1.29, 1.82) is 0 Å². The van der Waals surface area contributed by atoms with Gasteiger partial charge in [0.2, 0.25) is 0 Å². The molecule has 0 unspecified atom stereocenters. The van der Waals surface area contributed by atoms with E-state index in [0.717, 1.165) is 17.7 Å². The van der Waals surface area contributed by atoms with Gasteiger partial charge in [0.1, 0.15) is 11.5 Å². The molecule has 0 aliphatic heterocycles. The van der Waals surface area contributed by atoms with E-state index in [2.05, 4.69) is 4.98 Å². The zero-order chi connectivity index (χ0) is 12.6. The Morgan fingerprint density at radius 3 is 2.65 bits per heavy atom. The van der Waals surface area contributed by atoms with Gasteiger partial charge < -0.3 is 4.57 Å². The average Bonchev–Trinajstić information content (AvgIpc) is 2.56. The lowest BCUT2D eigenvalue weighted by atomic mass is 10.1. The zero-order valence-electron chi connectivity index (χ0n) is 9.37. The minimum atomic E-state index is 0.384. The van der Waals surface area contributed by atoms with E-state index < -0.39 is 0 Å². The molecule has 2 rings (SSSR count). The minimum absolute atomic E-state index is 0.384. The maximum Gasteiger partial charge on any atom is 0.170 e. The minimum Gasteiger partial charge on any atom is -0.331 e. The van der Waals surface area contributed by atoms with E-state index >= 15 is 0 Å². The number of aromatic nitrogens is 2. The molecule has 2 aromatic rings. The number of benzene rings is 1. The lowest BCUT2D eigenvalue weighted by Crippen LogP contribution is -1.96. The second kappa shape index (κ2) is 4.51. The van der Waals surface area contributed by atoms with Gasteiger partial charge in [-0.3, -0.25) is 4.79 Å².